The van der Waals surface area contributed by atoms with Crippen molar-refractivity contribution >= 4 is 23.3 Å². The summed E-state index contributed by atoms with van der Waals surface area (Å²) in [5.41, 5.74) is 4.08. The zero-order chi connectivity index (χ0) is 18.5. The fraction of sp³-hybridized carbons (Fsp3) is 0.286. The van der Waals surface area contributed by atoms with Crippen molar-refractivity contribution in [3.05, 3.63) is 64.7 Å². The van der Waals surface area contributed by atoms with Crippen molar-refractivity contribution in [2.45, 2.75) is 32.6 Å². The van der Waals surface area contributed by atoms with Crippen molar-refractivity contribution < 1.29 is 19.1 Å². The predicted molar refractivity (Wildman–Crippen MR) is 98.4 cm³/mol. The van der Waals surface area contributed by atoms with Crippen LogP contribution in [-0.4, -0.2) is 24.3 Å². The molecule has 1 aliphatic rings. The summed E-state index contributed by atoms with van der Waals surface area (Å²) in [6, 6.07) is 12.1. The van der Waals surface area contributed by atoms with Crippen molar-refractivity contribution in [1.82, 2.24) is 0 Å². The lowest BCUT2D eigenvalue weighted by atomic mass is 9.90. The third kappa shape index (κ3) is 4.36. The molecule has 0 aliphatic heterocycles. The molecule has 0 unspecified atom stereocenters. The summed E-state index contributed by atoms with van der Waals surface area (Å²) in [5.74, 6) is -0.964. The fourth-order valence-corrected chi connectivity index (χ4v) is 3.06. The third-order valence-electron chi connectivity index (χ3n) is 4.49. The van der Waals surface area contributed by atoms with E-state index in [4.69, 9.17) is 4.74 Å². The van der Waals surface area contributed by atoms with E-state index < -0.39 is 11.9 Å². The molecule has 1 aliphatic carbocycles. The van der Waals surface area contributed by atoms with Gasteiger partial charge in [-0.3, -0.25) is 9.59 Å². The molecule has 3 rings (SSSR count). The molecule has 1 N–H and O–H groups in total. The molecule has 0 bridgehead atoms. The van der Waals surface area contributed by atoms with Gasteiger partial charge in [0.25, 0.3) is 5.91 Å². The van der Waals surface area contributed by atoms with E-state index in [0.29, 0.717) is 16.8 Å². The van der Waals surface area contributed by atoms with Gasteiger partial charge < -0.3 is 10.1 Å². The molecule has 0 aromatic heterocycles. The minimum absolute atomic E-state index is 0.0399. The minimum Gasteiger partial charge on any atom is -0.452 e. The Hall–Kier alpha value is -2.95. The Labute approximate surface area is 152 Å². The van der Waals surface area contributed by atoms with E-state index in [0.717, 1.165) is 19.3 Å². The second kappa shape index (κ2) is 7.95. The second-order valence-corrected chi connectivity index (χ2v) is 6.45. The largest absolute Gasteiger partial charge is 0.452 e. The van der Waals surface area contributed by atoms with Crippen molar-refractivity contribution in [2.75, 3.05) is 11.9 Å². The van der Waals surface area contributed by atoms with E-state index >= 15 is 0 Å². The van der Waals surface area contributed by atoms with Gasteiger partial charge in [0.05, 0.1) is 5.56 Å². The topological polar surface area (TPSA) is 72.5 Å². The van der Waals surface area contributed by atoms with Crippen LogP contribution in [-0.2, 0) is 22.4 Å². The molecule has 2 aromatic rings. The van der Waals surface area contributed by atoms with Crippen molar-refractivity contribution in [3.8, 4) is 0 Å². The summed E-state index contributed by atoms with van der Waals surface area (Å²) in [7, 11) is 0. The molecular formula is C21H21NO4. The van der Waals surface area contributed by atoms with Crippen LogP contribution >= 0.6 is 0 Å². The number of carbonyl (C=O) groups is 3. The van der Waals surface area contributed by atoms with E-state index in [1.807, 2.05) is 12.1 Å². The van der Waals surface area contributed by atoms with E-state index in [2.05, 4.69) is 5.32 Å². The molecule has 5 heteroatoms. The average molecular weight is 351 g/mol. The number of esters is 1. The summed E-state index contributed by atoms with van der Waals surface area (Å²) >= 11 is 0. The first-order valence-corrected chi connectivity index (χ1v) is 8.73. The van der Waals surface area contributed by atoms with Gasteiger partial charge in [0.15, 0.2) is 12.4 Å². The molecule has 0 heterocycles. The lowest BCUT2D eigenvalue weighted by Gasteiger charge is -2.16. The standard InChI is InChI=1S/C21H21NO4/c1-14(23)15-8-10-19(11-9-15)22-20(24)13-26-21(25)18-7-6-16-4-2-3-5-17(16)12-18/h6-12H,2-5,13H2,1H3,(H,22,24). The van der Waals surface area contributed by atoms with Gasteiger partial charge in [-0.2, -0.15) is 0 Å². The van der Waals surface area contributed by atoms with Gasteiger partial charge in [-0.25, -0.2) is 4.79 Å². The number of ether oxygens (including phenoxy) is 1. The van der Waals surface area contributed by atoms with E-state index in [9.17, 15) is 14.4 Å². The Morgan fingerprint density at radius 2 is 1.58 bits per heavy atom. The number of anilines is 1. The Kier molecular flexibility index (Phi) is 5.46. The first kappa shape index (κ1) is 17.9. The monoisotopic (exact) mass is 351 g/mol. The number of rotatable bonds is 5. The summed E-state index contributed by atoms with van der Waals surface area (Å²) in [4.78, 5) is 35.3. The summed E-state index contributed by atoms with van der Waals surface area (Å²) < 4.78 is 5.11. The van der Waals surface area contributed by atoms with Gasteiger partial charge in [-0.1, -0.05) is 6.07 Å². The molecule has 2 aromatic carbocycles. The van der Waals surface area contributed by atoms with Gasteiger partial charge in [0.2, 0.25) is 0 Å². The molecule has 0 atom stereocenters. The normalized spacial score (nSPS) is 12.8. The maximum atomic E-state index is 12.2. The van der Waals surface area contributed by atoms with Crippen LogP contribution in [0.2, 0.25) is 0 Å². The molecule has 1 amide bonds. The fourth-order valence-electron chi connectivity index (χ4n) is 3.06. The maximum absolute atomic E-state index is 12.2. The molecule has 0 saturated carbocycles. The maximum Gasteiger partial charge on any atom is 0.338 e. The van der Waals surface area contributed by atoms with Crippen LogP contribution in [0.5, 0.6) is 0 Å². The third-order valence-corrected chi connectivity index (χ3v) is 4.49. The summed E-state index contributed by atoms with van der Waals surface area (Å²) in [5, 5.41) is 2.64. The number of carbonyl (C=O) groups excluding carboxylic acids is 3. The van der Waals surface area contributed by atoms with Crippen LogP contribution < -0.4 is 5.32 Å². The number of hydrogen-bond acceptors (Lipinski definition) is 4. The first-order valence-electron chi connectivity index (χ1n) is 8.73. The van der Waals surface area contributed by atoms with Gasteiger partial charge in [0.1, 0.15) is 0 Å². The highest BCUT2D eigenvalue weighted by Gasteiger charge is 2.15. The number of aryl methyl sites for hydroxylation is 2. The van der Waals surface area contributed by atoms with Crippen LogP contribution in [0.15, 0.2) is 42.5 Å². The van der Waals surface area contributed by atoms with Crippen molar-refractivity contribution in [3.63, 3.8) is 0 Å². The molecule has 5 nitrogen and oxygen atoms in total. The smallest absolute Gasteiger partial charge is 0.338 e. The lowest BCUT2D eigenvalue weighted by Crippen LogP contribution is -2.21. The number of hydrogen-bond donors (Lipinski definition) is 1. The van der Waals surface area contributed by atoms with Gasteiger partial charge >= 0.3 is 5.97 Å². The number of benzene rings is 2. The highest BCUT2D eigenvalue weighted by Crippen LogP contribution is 2.22. The van der Waals surface area contributed by atoms with Crippen LogP contribution in [0.4, 0.5) is 5.69 Å². The van der Waals surface area contributed by atoms with E-state index in [1.165, 1.54) is 24.5 Å². The molecule has 26 heavy (non-hydrogen) atoms. The number of ketones is 1. The quantitative estimate of drug-likeness (QED) is 0.660. The first-order chi connectivity index (χ1) is 12.5. The van der Waals surface area contributed by atoms with Gasteiger partial charge in [-0.15, -0.1) is 0 Å². The number of nitrogens with one attached hydrogen (secondary N) is 1. The predicted octanol–water partition coefficient (Wildman–Crippen LogP) is 3.56. The molecule has 0 spiro atoms. The number of amides is 1. The zero-order valence-electron chi connectivity index (χ0n) is 14.7. The van der Waals surface area contributed by atoms with Crippen LogP contribution in [0.1, 0.15) is 51.6 Å². The van der Waals surface area contributed by atoms with Crippen LogP contribution in [0.3, 0.4) is 0 Å². The zero-order valence-corrected chi connectivity index (χ0v) is 14.7. The van der Waals surface area contributed by atoms with E-state index in [-0.39, 0.29) is 12.4 Å². The van der Waals surface area contributed by atoms with E-state index in [1.54, 1.807) is 30.3 Å². The molecular weight excluding hydrogens is 330 g/mol. The van der Waals surface area contributed by atoms with Crippen molar-refractivity contribution in [2.24, 2.45) is 0 Å². The van der Waals surface area contributed by atoms with Crippen LogP contribution in [0, 0.1) is 0 Å². The molecule has 134 valence electrons. The van der Waals surface area contributed by atoms with Crippen molar-refractivity contribution in [1.29, 1.82) is 0 Å². The number of fused-ring (bicyclic) bond motifs is 1. The average Bonchev–Trinajstić information content (AvgIpc) is 2.66. The Balaban J connectivity index is 1.54. The Bertz CT molecular complexity index is 840. The molecule has 0 radical (unpaired) electrons. The summed E-state index contributed by atoms with van der Waals surface area (Å²) in [6.07, 6.45) is 4.35. The molecule has 0 saturated heterocycles. The second-order valence-electron chi connectivity index (χ2n) is 6.45. The van der Waals surface area contributed by atoms with Crippen LogP contribution in [0.25, 0.3) is 0 Å². The minimum atomic E-state index is -0.500. The Morgan fingerprint density at radius 3 is 2.27 bits per heavy atom. The van der Waals surface area contributed by atoms with Gasteiger partial charge in [0, 0.05) is 11.3 Å². The number of Topliss-reactive ketones (excluding diaryl/α,β-unsaturated/α-hetero) is 1. The highest BCUT2D eigenvalue weighted by molar-refractivity contribution is 5.97. The highest BCUT2D eigenvalue weighted by atomic mass is 16.5. The molecule has 0 fully saturated rings. The van der Waals surface area contributed by atoms with Gasteiger partial charge in [-0.05, 0) is 80.1 Å². The lowest BCUT2D eigenvalue weighted by molar-refractivity contribution is -0.119. The Morgan fingerprint density at radius 1 is 0.923 bits per heavy atom. The summed E-state index contributed by atoms with van der Waals surface area (Å²) in [6.45, 7) is 1.12. The SMILES string of the molecule is CC(=O)c1ccc(NC(=O)COC(=O)c2ccc3c(c2)CCCC3)cc1.